The second kappa shape index (κ2) is 2.11. The van der Waals surface area contributed by atoms with Crippen molar-refractivity contribution in [3.05, 3.63) is 11.0 Å². The van der Waals surface area contributed by atoms with Gasteiger partial charge >= 0.3 is 10.1 Å². The van der Waals surface area contributed by atoms with E-state index in [9.17, 15) is 13.0 Å². The Morgan fingerprint density at radius 2 is 2.11 bits per heavy atom. The van der Waals surface area contributed by atoms with Gasteiger partial charge in [0.05, 0.1) is 4.91 Å². The van der Waals surface area contributed by atoms with E-state index in [1.807, 2.05) is 0 Å². The van der Waals surface area contributed by atoms with Crippen LogP contribution >= 0.6 is 0 Å². The van der Waals surface area contributed by atoms with Crippen LogP contribution in [0.5, 0.6) is 0 Å². The summed E-state index contributed by atoms with van der Waals surface area (Å²) in [6.45, 7) is 0. The van der Waals surface area contributed by atoms with E-state index in [1.165, 1.54) is 6.08 Å². The lowest BCUT2D eigenvalue weighted by molar-refractivity contribution is 0.420. The van der Waals surface area contributed by atoms with Crippen molar-refractivity contribution in [1.82, 2.24) is 0 Å². The van der Waals surface area contributed by atoms with Crippen molar-refractivity contribution >= 4 is 10.1 Å². The summed E-state index contributed by atoms with van der Waals surface area (Å²) in [5.74, 6) is 0. The summed E-state index contributed by atoms with van der Waals surface area (Å²) in [4.78, 5) is 0.0718. The van der Waals surface area contributed by atoms with Crippen molar-refractivity contribution < 1.29 is 13.0 Å². The van der Waals surface area contributed by atoms with Crippen molar-refractivity contribution in [2.24, 2.45) is 0 Å². The van der Waals surface area contributed by atoms with E-state index >= 15 is 0 Å². The van der Waals surface area contributed by atoms with E-state index < -0.39 is 10.1 Å². The van der Waals surface area contributed by atoms with E-state index in [1.54, 1.807) is 0 Å². The molecular formula is C5H7O3S. The summed E-state index contributed by atoms with van der Waals surface area (Å²) in [6.07, 6.45) is 3.47. The molecule has 0 aromatic rings. The zero-order valence-corrected chi connectivity index (χ0v) is 5.65. The molecule has 0 fully saturated rings. The summed E-state index contributed by atoms with van der Waals surface area (Å²) in [7, 11) is -4.09. The Hall–Kier alpha value is -0.350. The Morgan fingerprint density at radius 3 is 2.33 bits per heavy atom. The molecule has 0 bridgehead atoms. The minimum atomic E-state index is -4.09. The average Bonchev–Trinajstić information content (AvgIpc) is 2.08. The summed E-state index contributed by atoms with van der Waals surface area (Å²) in [5, 5.41) is 0. The number of hydrogen-bond acceptors (Lipinski definition) is 2. The second-order valence-electron chi connectivity index (χ2n) is 2.02. The molecule has 0 aliphatic heterocycles. The maximum Gasteiger partial charge on any atom is 0.320 e. The molecule has 0 amide bonds. The first-order valence-corrected chi connectivity index (χ1v) is 4.16. The van der Waals surface area contributed by atoms with Gasteiger partial charge < -0.3 is 0 Å². The quantitative estimate of drug-likeness (QED) is 0.551. The molecule has 0 aromatic heterocycles. The van der Waals surface area contributed by atoms with Crippen molar-refractivity contribution in [3.8, 4) is 0 Å². The molecule has 9 heavy (non-hydrogen) atoms. The lowest BCUT2D eigenvalue weighted by Gasteiger charge is -1.89. The standard InChI is InChI=1S/C5H7O3S/c6-9(7,8)5-3-1-2-4-5/h3H,1-2,4H2. The molecule has 0 spiro atoms. The van der Waals surface area contributed by atoms with Crippen LogP contribution in [0.2, 0.25) is 0 Å². The van der Waals surface area contributed by atoms with Crippen LogP contribution in [-0.2, 0) is 14.7 Å². The van der Waals surface area contributed by atoms with Crippen LogP contribution in [0.1, 0.15) is 19.3 Å². The lowest BCUT2D eigenvalue weighted by Crippen LogP contribution is -1.96. The molecule has 3 nitrogen and oxygen atoms in total. The van der Waals surface area contributed by atoms with Crippen molar-refractivity contribution in [1.29, 1.82) is 0 Å². The van der Waals surface area contributed by atoms with Crippen molar-refractivity contribution in [3.63, 3.8) is 0 Å². The van der Waals surface area contributed by atoms with Gasteiger partial charge in [0.1, 0.15) is 0 Å². The highest BCUT2D eigenvalue weighted by molar-refractivity contribution is 7.89. The largest absolute Gasteiger partial charge is 0.320 e. The molecule has 0 N–H and O–H groups in total. The maximum atomic E-state index is 10.2. The number of hydrogen-bond donors (Lipinski definition) is 0. The fourth-order valence-electron chi connectivity index (χ4n) is 0.868. The normalized spacial score (nSPS) is 19.9. The molecule has 0 saturated carbocycles. The molecule has 0 atom stereocenters. The molecule has 51 valence electrons. The highest BCUT2D eigenvalue weighted by atomic mass is 32.2. The zero-order chi connectivity index (χ0) is 6.91. The maximum absolute atomic E-state index is 10.2. The predicted molar refractivity (Wildman–Crippen MR) is 31.5 cm³/mol. The topological polar surface area (TPSA) is 54.0 Å². The Kier molecular flexibility index (Phi) is 1.59. The van der Waals surface area contributed by atoms with Crippen LogP contribution in [0.15, 0.2) is 11.0 Å². The van der Waals surface area contributed by atoms with Gasteiger partial charge in [-0.15, -0.1) is 0 Å². The lowest BCUT2D eigenvalue weighted by atomic mass is 10.4. The van der Waals surface area contributed by atoms with Crippen LogP contribution in [-0.4, -0.2) is 8.42 Å². The first kappa shape index (κ1) is 6.77. The van der Waals surface area contributed by atoms with Crippen LogP contribution in [0.25, 0.3) is 0 Å². The fourth-order valence-corrected chi connectivity index (χ4v) is 1.58. The van der Waals surface area contributed by atoms with Gasteiger partial charge in [0.2, 0.25) is 0 Å². The van der Waals surface area contributed by atoms with Crippen molar-refractivity contribution in [2.75, 3.05) is 0 Å². The van der Waals surface area contributed by atoms with Gasteiger partial charge in [-0.25, -0.2) is 0 Å². The molecule has 4 heteroatoms. The van der Waals surface area contributed by atoms with Crippen LogP contribution in [0, 0.1) is 0 Å². The molecule has 1 rings (SSSR count). The van der Waals surface area contributed by atoms with Gasteiger partial charge in [-0.1, -0.05) is 10.6 Å². The van der Waals surface area contributed by atoms with E-state index in [0.717, 1.165) is 12.8 Å². The minimum Gasteiger partial charge on any atom is -0.192 e. The molecular weight excluding hydrogens is 140 g/mol. The summed E-state index contributed by atoms with van der Waals surface area (Å²) in [6, 6.07) is 0. The second-order valence-corrected chi connectivity index (χ2v) is 3.45. The smallest absolute Gasteiger partial charge is 0.192 e. The molecule has 1 radical (unpaired) electrons. The van der Waals surface area contributed by atoms with Crippen LogP contribution in [0.3, 0.4) is 0 Å². The molecule has 1 aliphatic rings. The highest BCUT2D eigenvalue weighted by Gasteiger charge is 2.17. The Morgan fingerprint density at radius 1 is 1.44 bits per heavy atom. The molecule has 1 aliphatic carbocycles. The Labute approximate surface area is 54.1 Å². The molecule has 0 aromatic carbocycles. The van der Waals surface area contributed by atoms with Crippen LogP contribution < -0.4 is 0 Å². The van der Waals surface area contributed by atoms with Gasteiger partial charge in [-0.05, 0) is 19.3 Å². The monoisotopic (exact) mass is 147 g/mol. The van der Waals surface area contributed by atoms with E-state index in [4.69, 9.17) is 0 Å². The van der Waals surface area contributed by atoms with Gasteiger partial charge in [0.15, 0.2) is 0 Å². The summed E-state index contributed by atoms with van der Waals surface area (Å²) in [5.41, 5.74) is 0. The third kappa shape index (κ3) is 1.53. The minimum absolute atomic E-state index is 0.0718. The number of rotatable bonds is 1. The predicted octanol–water partition coefficient (Wildman–Crippen LogP) is 0.815. The highest BCUT2D eigenvalue weighted by Crippen LogP contribution is 2.21. The first-order chi connectivity index (χ1) is 4.11. The Bertz CT molecular complexity index is 225. The number of allylic oxidation sites excluding steroid dienone is 2. The first-order valence-electron chi connectivity index (χ1n) is 2.75. The molecule has 0 unspecified atom stereocenters. The van der Waals surface area contributed by atoms with Gasteiger partial charge in [-0.3, -0.25) is 0 Å². The van der Waals surface area contributed by atoms with Gasteiger partial charge in [-0.2, -0.15) is 8.42 Å². The Balaban J connectivity index is 2.87. The fraction of sp³-hybridized carbons (Fsp3) is 0.600. The average molecular weight is 147 g/mol. The third-order valence-electron chi connectivity index (χ3n) is 1.32. The van der Waals surface area contributed by atoms with Crippen LogP contribution in [0.4, 0.5) is 0 Å². The van der Waals surface area contributed by atoms with Gasteiger partial charge in [0, 0.05) is 0 Å². The SMILES string of the molecule is [O]S(=O)(=O)C1=CCCC1. The van der Waals surface area contributed by atoms with Crippen molar-refractivity contribution in [2.45, 2.75) is 19.3 Å². The molecule has 0 saturated heterocycles. The third-order valence-corrected chi connectivity index (χ3v) is 2.33. The zero-order valence-electron chi connectivity index (χ0n) is 4.83. The van der Waals surface area contributed by atoms with E-state index in [0.29, 0.717) is 6.42 Å². The summed E-state index contributed by atoms with van der Waals surface area (Å²) < 4.78 is 30.6. The van der Waals surface area contributed by atoms with Gasteiger partial charge in [0.25, 0.3) is 0 Å². The van der Waals surface area contributed by atoms with E-state index in [-0.39, 0.29) is 4.91 Å². The molecule has 0 heterocycles. The summed E-state index contributed by atoms with van der Waals surface area (Å²) >= 11 is 0. The van der Waals surface area contributed by atoms with E-state index in [2.05, 4.69) is 0 Å².